The fourth-order valence-corrected chi connectivity index (χ4v) is 3.12. The second kappa shape index (κ2) is 5.72. The van der Waals surface area contributed by atoms with Crippen molar-refractivity contribution in [3.63, 3.8) is 0 Å². The smallest absolute Gasteiger partial charge is 0.345 e. The van der Waals surface area contributed by atoms with Crippen LogP contribution in [0.15, 0.2) is 43.0 Å². The number of aromatic amines is 1. The summed E-state index contributed by atoms with van der Waals surface area (Å²) < 4.78 is 39.9. The first-order chi connectivity index (χ1) is 12.4. The van der Waals surface area contributed by atoms with Gasteiger partial charge in [-0.05, 0) is 31.2 Å². The number of rotatable bonds is 2. The Hall–Kier alpha value is -3.10. The molecule has 1 aliphatic heterocycles. The third-order valence-corrected chi connectivity index (χ3v) is 4.40. The minimum Gasteiger partial charge on any atom is -0.345 e. The summed E-state index contributed by atoms with van der Waals surface area (Å²) in [7, 11) is 0. The number of anilines is 1. The summed E-state index contributed by atoms with van der Waals surface area (Å²) in [6, 6.07) is 4.47. The number of nitrogens with zero attached hydrogens (tertiary/aromatic N) is 4. The molecule has 0 saturated carbocycles. The quantitative estimate of drug-likeness (QED) is 0.760. The highest BCUT2D eigenvalue weighted by Gasteiger charge is 2.35. The molecule has 0 radical (unpaired) electrons. The number of alkyl halides is 3. The highest BCUT2D eigenvalue weighted by atomic mass is 19.4. The molecule has 134 valence electrons. The van der Waals surface area contributed by atoms with Crippen molar-refractivity contribution in [3.05, 3.63) is 54.2 Å². The van der Waals surface area contributed by atoms with E-state index >= 15 is 0 Å². The van der Waals surface area contributed by atoms with Gasteiger partial charge in [-0.25, -0.2) is 4.98 Å². The second-order valence-electron chi connectivity index (χ2n) is 6.13. The summed E-state index contributed by atoms with van der Waals surface area (Å²) in [5, 5.41) is 4.29. The molecule has 4 rings (SSSR count). The highest BCUT2D eigenvalue weighted by molar-refractivity contribution is 6.09. The fourth-order valence-electron chi connectivity index (χ4n) is 3.12. The van der Waals surface area contributed by atoms with Gasteiger partial charge in [0.15, 0.2) is 0 Å². The van der Waals surface area contributed by atoms with Crippen LogP contribution in [0.3, 0.4) is 0 Å². The zero-order valence-corrected chi connectivity index (χ0v) is 13.7. The van der Waals surface area contributed by atoms with E-state index in [0.29, 0.717) is 29.2 Å². The monoisotopic (exact) mass is 361 g/mol. The molecule has 3 aromatic rings. The summed E-state index contributed by atoms with van der Waals surface area (Å²) in [5.74, 6) is -0.315. The minimum absolute atomic E-state index is 0.123. The summed E-state index contributed by atoms with van der Waals surface area (Å²) in [6.07, 6.45) is 0.272. The number of nitrogens with one attached hydrogen (secondary N) is 1. The van der Waals surface area contributed by atoms with Gasteiger partial charge in [0.25, 0.3) is 5.91 Å². The first kappa shape index (κ1) is 16.4. The van der Waals surface area contributed by atoms with Crippen LogP contribution in [-0.2, 0) is 6.18 Å². The van der Waals surface area contributed by atoms with Gasteiger partial charge in [-0.3, -0.25) is 9.48 Å². The van der Waals surface area contributed by atoms with Crippen LogP contribution in [0.1, 0.15) is 29.0 Å². The van der Waals surface area contributed by atoms with Gasteiger partial charge in [-0.1, -0.05) is 0 Å². The number of aromatic nitrogens is 4. The number of hydrogen-bond acceptors (Lipinski definition) is 3. The molecule has 0 spiro atoms. The van der Waals surface area contributed by atoms with Crippen molar-refractivity contribution in [2.75, 3.05) is 11.4 Å². The van der Waals surface area contributed by atoms with Gasteiger partial charge < -0.3 is 9.88 Å². The van der Waals surface area contributed by atoms with Crippen LogP contribution in [0.5, 0.6) is 0 Å². The average Bonchev–Trinajstić information content (AvgIpc) is 3.26. The lowest BCUT2D eigenvalue weighted by atomic mass is 10.1. The van der Waals surface area contributed by atoms with Crippen molar-refractivity contribution >= 4 is 11.6 Å². The molecule has 1 amide bonds. The molecule has 1 aliphatic rings. The topological polar surface area (TPSA) is 66.8 Å². The Kier molecular flexibility index (Phi) is 3.60. The number of benzene rings is 1. The molecule has 0 aliphatic carbocycles. The fraction of sp³-hybridized carbons (Fsp3) is 0.235. The van der Waals surface area contributed by atoms with Crippen LogP contribution in [-0.4, -0.2) is 32.2 Å². The van der Waals surface area contributed by atoms with Gasteiger partial charge in [0.05, 0.1) is 41.6 Å². The molecule has 1 aromatic carbocycles. The van der Waals surface area contributed by atoms with E-state index in [9.17, 15) is 18.0 Å². The summed E-state index contributed by atoms with van der Waals surface area (Å²) in [4.78, 5) is 21.4. The normalized spacial score (nSPS) is 17.5. The third kappa shape index (κ3) is 2.56. The zero-order valence-electron chi connectivity index (χ0n) is 13.7. The van der Waals surface area contributed by atoms with Crippen molar-refractivity contribution in [3.8, 4) is 11.3 Å². The summed E-state index contributed by atoms with van der Waals surface area (Å²) >= 11 is 0. The number of amides is 1. The Morgan fingerprint density at radius 3 is 2.54 bits per heavy atom. The lowest BCUT2D eigenvalue weighted by Crippen LogP contribution is -2.42. The van der Waals surface area contributed by atoms with Crippen LogP contribution in [0.25, 0.3) is 11.3 Å². The molecular weight excluding hydrogens is 347 g/mol. The van der Waals surface area contributed by atoms with E-state index in [1.165, 1.54) is 23.4 Å². The van der Waals surface area contributed by atoms with Crippen LogP contribution in [0, 0.1) is 0 Å². The van der Waals surface area contributed by atoms with E-state index in [4.69, 9.17) is 0 Å². The maximum Gasteiger partial charge on any atom is 0.416 e. The maximum atomic E-state index is 13.0. The lowest BCUT2D eigenvalue weighted by molar-refractivity contribution is -0.137. The van der Waals surface area contributed by atoms with Crippen LogP contribution in [0.2, 0.25) is 0 Å². The highest BCUT2D eigenvalue weighted by Crippen LogP contribution is 2.34. The second-order valence-corrected chi connectivity index (χ2v) is 6.13. The van der Waals surface area contributed by atoms with Gasteiger partial charge in [0.1, 0.15) is 5.69 Å². The number of halogens is 3. The van der Waals surface area contributed by atoms with E-state index in [0.717, 1.165) is 12.1 Å². The van der Waals surface area contributed by atoms with E-state index in [1.807, 2.05) is 6.92 Å². The first-order valence-corrected chi connectivity index (χ1v) is 7.91. The van der Waals surface area contributed by atoms with Crippen molar-refractivity contribution in [2.45, 2.75) is 19.1 Å². The van der Waals surface area contributed by atoms with Crippen molar-refractivity contribution in [1.82, 2.24) is 19.7 Å². The number of carbonyl (C=O) groups excluding carboxylic acids is 1. The van der Waals surface area contributed by atoms with Gasteiger partial charge in [-0.15, -0.1) is 0 Å². The third-order valence-electron chi connectivity index (χ3n) is 4.40. The van der Waals surface area contributed by atoms with Crippen LogP contribution >= 0.6 is 0 Å². The maximum absolute atomic E-state index is 13.0. The number of imidazole rings is 1. The average molecular weight is 361 g/mol. The van der Waals surface area contributed by atoms with Crippen molar-refractivity contribution in [2.24, 2.45) is 0 Å². The van der Waals surface area contributed by atoms with Gasteiger partial charge in [-0.2, -0.15) is 18.3 Å². The Balaban J connectivity index is 1.73. The van der Waals surface area contributed by atoms with E-state index in [-0.39, 0.29) is 11.9 Å². The van der Waals surface area contributed by atoms with Gasteiger partial charge in [0.2, 0.25) is 0 Å². The molecule has 9 heteroatoms. The molecule has 0 bridgehead atoms. The van der Waals surface area contributed by atoms with Gasteiger partial charge >= 0.3 is 6.18 Å². The number of hydrogen-bond donors (Lipinski definition) is 1. The lowest BCUT2D eigenvalue weighted by Gasteiger charge is -2.32. The van der Waals surface area contributed by atoms with E-state index in [1.54, 1.807) is 17.1 Å². The molecule has 26 heavy (non-hydrogen) atoms. The van der Waals surface area contributed by atoms with Crippen LogP contribution < -0.4 is 4.90 Å². The Labute approximate surface area is 146 Å². The SMILES string of the molecule is C[C@H]1CN(c2ccc(C(F)(F)F)cc2)C(=O)c2c(-c3cnc[nH]3)cnn21. The largest absolute Gasteiger partial charge is 0.416 e. The van der Waals surface area contributed by atoms with Crippen molar-refractivity contribution < 1.29 is 18.0 Å². The molecule has 1 N–H and O–H groups in total. The molecule has 0 unspecified atom stereocenters. The number of carbonyl (C=O) groups is 1. The Bertz CT molecular complexity index is 944. The first-order valence-electron chi connectivity index (χ1n) is 7.91. The molecule has 2 aromatic heterocycles. The predicted octanol–water partition coefficient (Wildman–Crippen LogP) is 3.51. The van der Waals surface area contributed by atoms with Crippen molar-refractivity contribution in [1.29, 1.82) is 0 Å². The molecule has 0 fully saturated rings. The standard InChI is InChI=1S/C17H14F3N5O/c1-10-8-24(12-4-2-11(3-5-12)17(18,19)20)16(26)15-13(6-23-25(10)15)14-7-21-9-22-14/h2-7,9-10H,8H2,1H3,(H,21,22)/t10-/m0/s1. The zero-order chi connectivity index (χ0) is 18.5. The molecule has 6 nitrogen and oxygen atoms in total. The molecule has 3 heterocycles. The molecule has 0 saturated heterocycles. The number of fused-ring (bicyclic) bond motifs is 1. The van der Waals surface area contributed by atoms with Crippen LogP contribution in [0.4, 0.5) is 18.9 Å². The van der Waals surface area contributed by atoms with E-state index < -0.39 is 11.7 Å². The minimum atomic E-state index is -4.41. The van der Waals surface area contributed by atoms with E-state index in [2.05, 4.69) is 15.1 Å². The van der Waals surface area contributed by atoms with Gasteiger partial charge in [0, 0.05) is 12.2 Å². The molecular formula is C17H14F3N5O. The summed E-state index contributed by atoms with van der Waals surface area (Å²) in [5.41, 5.74) is 1.31. The Morgan fingerprint density at radius 1 is 1.19 bits per heavy atom. The Morgan fingerprint density at radius 2 is 1.92 bits per heavy atom. The summed E-state index contributed by atoms with van der Waals surface area (Å²) in [6.45, 7) is 2.22. The predicted molar refractivity (Wildman–Crippen MR) is 87.6 cm³/mol. The molecule has 1 atom stereocenters. The number of H-pyrrole nitrogens is 1.